The van der Waals surface area contributed by atoms with Gasteiger partial charge in [-0.25, -0.2) is 0 Å². The third kappa shape index (κ3) is 4.49. The molecule has 4 rings (SSSR count). The number of anilines is 1. The van der Waals surface area contributed by atoms with E-state index in [1.807, 2.05) is 30.3 Å². The molecule has 0 saturated carbocycles. The van der Waals surface area contributed by atoms with E-state index in [9.17, 15) is 19.5 Å². The van der Waals surface area contributed by atoms with Crippen LogP contribution >= 0.6 is 11.8 Å². The monoisotopic (exact) mass is 539 g/mol. The molecular weight excluding hydrogens is 498 g/mol. The molecule has 1 spiro atoms. The minimum absolute atomic E-state index is 0.0483. The molecule has 1 N–H and O–H groups in total. The van der Waals surface area contributed by atoms with Gasteiger partial charge in [0.2, 0.25) is 17.7 Å². The Bertz CT molecular complexity index is 1060. The SMILES string of the molecule is C=CCN(CCCC)C(=O)C1N([C@H](C)CO)C(=O)[C@@H]2[C@@H](C(=O)N(CC=C)c3ccccc3)[C@H]3CC(C)C12S3. The van der Waals surface area contributed by atoms with Crippen molar-refractivity contribution in [1.29, 1.82) is 0 Å². The predicted octanol–water partition coefficient (Wildman–Crippen LogP) is 3.74. The number of hydrogen-bond donors (Lipinski definition) is 1. The van der Waals surface area contributed by atoms with Crippen molar-refractivity contribution in [3.63, 3.8) is 0 Å². The summed E-state index contributed by atoms with van der Waals surface area (Å²) in [6, 6.07) is 8.21. The van der Waals surface area contributed by atoms with Gasteiger partial charge in [-0.2, -0.15) is 0 Å². The van der Waals surface area contributed by atoms with E-state index in [1.54, 1.807) is 45.5 Å². The maximum atomic E-state index is 14.3. The molecule has 0 aromatic heterocycles. The zero-order valence-corrected chi connectivity index (χ0v) is 23.6. The quantitative estimate of drug-likeness (QED) is 0.410. The first-order valence-corrected chi connectivity index (χ1v) is 14.6. The third-order valence-corrected chi connectivity index (χ3v) is 10.6. The molecule has 0 radical (unpaired) electrons. The first-order valence-electron chi connectivity index (χ1n) is 13.8. The van der Waals surface area contributed by atoms with Crippen molar-refractivity contribution < 1.29 is 19.5 Å². The largest absolute Gasteiger partial charge is 0.394 e. The average Bonchev–Trinajstić information content (AvgIpc) is 3.52. The number of carbonyl (C=O) groups excluding carboxylic acids is 3. The minimum atomic E-state index is -0.730. The van der Waals surface area contributed by atoms with Gasteiger partial charge in [-0.15, -0.1) is 24.9 Å². The van der Waals surface area contributed by atoms with Crippen molar-refractivity contribution in [1.82, 2.24) is 9.80 Å². The first kappa shape index (κ1) is 28.4. The Labute approximate surface area is 230 Å². The van der Waals surface area contributed by atoms with Crippen molar-refractivity contribution in [2.45, 2.75) is 62.1 Å². The molecule has 3 aliphatic heterocycles. The Morgan fingerprint density at radius 2 is 1.89 bits per heavy atom. The van der Waals surface area contributed by atoms with Crippen LogP contribution in [0.15, 0.2) is 55.6 Å². The summed E-state index contributed by atoms with van der Waals surface area (Å²) >= 11 is 1.67. The zero-order chi connectivity index (χ0) is 27.6. The number of aliphatic hydroxyl groups excluding tert-OH is 1. The standard InChI is InChI=1S/C30H41N3O4S/c1-6-9-17-31(15-7-2)29(37)26-30-20(4)18-23(38-30)24(25(30)28(36)33(26)21(5)19-34)27(35)32(16-8-3)22-13-11-10-12-14-22/h7-8,10-14,20-21,23-26,34H,2-3,6,9,15-19H2,1,4-5H3/t20?,21-,23-,24+,25+,26?,30?/m1/s1. The summed E-state index contributed by atoms with van der Waals surface area (Å²) in [6.45, 7) is 14.8. The highest BCUT2D eigenvalue weighted by molar-refractivity contribution is 8.02. The number of thioether (sulfide) groups is 1. The molecule has 3 aliphatic rings. The van der Waals surface area contributed by atoms with Crippen molar-refractivity contribution in [3.8, 4) is 0 Å². The summed E-state index contributed by atoms with van der Waals surface area (Å²) in [5.41, 5.74) is 0.766. The summed E-state index contributed by atoms with van der Waals surface area (Å²) in [6.07, 6.45) is 5.99. The summed E-state index contributed by atoms with van der Waals surface area (Å²) in [4.78, 5) is 48.0. The lowest BCUT2D eigenvalue weighted by atomic mass is 9.65. The molecule has 3 amide bonds. The van der Waals surface area contributed by atoms with Crippen LogP contribution in [0.1, 0.15) is 40.0 Å². The Morgan fingerprint density at radius 3 is 2.50 bits per heavy atom. The number of carbonyl (C=O) groups is 3. The molecule has 206 valence electrons. The molecule has 8 heteroatoms. The summed E-state index contributed by atoms with van der Waals surface area (Å²) in [5.74, 6) is -1.48. The van der Waals surface area contributed by atoms with E-state index in [0.29, 0.717) is 19.6 Å². The number of nitrogens with zero attached hydrogens (tertiary/aromatic N) is 3. The molecule has 7 nitrogen and oxygen atoms in total. The fraction of sp³-hybridized carbons (Fsp3) is 0.567. The van der Waals surface area contributed by atoms with Crippen LogP contribution in [0.5, 0.6) is 0 Å². The average molecular weight is 540 g/mol. The third-order valence-electron chi connectivity index (χ3n) is 8.53. The fourth-order valence-electron chi connectivity index (χ4n) is 6.79. The highest BCUT2D eigenvalue weighted by atomic mass is 32.2. The van der Waals surface area contributed by atoms with E-state index in [1.165, 1.54) is 0 Å². The summed E-state index contributed by atoms with van der Waals surface area (Å²) in [7, 11) is 0. The number of unbranched alkanes of at least 4 members (excludes halogenated alkanes) is 1. The summed E-state index contributed by atoms with van der Waals surface area (Å²) in [5, 5.41) is 10.1. The highest BCUT2D eigenvalue weighted by Crippen LogP contribution is 2.69. The van der Waals surface area contributed by atoms with Crippen molar-refractivity contribution in [3.05, 3.63) is 55.6 Å². The van der Waals surface area contributed by atoms with Crippen LogP contribution in [0, 0.1) is 17.8 Å². The number of para-hydroxylation sites is 1. The normalized spacial score (nSPS) is 30.2. The Morgan fingerprint density at radius 1 is 1.21 bits per heavy atom. The van der Waals surface area contributed by atoms with Gasteiger partial charge in [-0.05, 0) is 37.8 Å². The first-order chi connectivity index (χ1) is 18.3. The Balaban J connectivity index is 1.78. The fourth-order valence-corrected chi connectivity index (χ4v) is 9.19. The number of rotatable bonds is 12. The van der Waals surface area contributed by atoms with Gasteiger partial charge in [0.15, 0.2) is 0 Å². The minimum Gasteiger partial charge on any atom is -0.394 e. The van der Waals surface area contributed by atoms with Gasteiger partial charge in [-0.1, -0.05) is 50.6 Å². The molecule has 1 aromatic rings. The van der Waals surface area contributed by atoms with Gasteiger partial charge in [0.05, 0.1) is 29.2 Å². The second-order valence-corrected chi connectivity index (χ2v) is 12.4. The molecule has 3 heterocycles. The van der Waals surface area contributed by atoms with Gasteiger partial charge in [-0.3, -0.25) is 14.4 Å². The maximum absolute atomic E-state index is 14.3. The van der Waals surface area contributed by atoms with Gasteiger partial charge < -0.3 is 19.8 Å². The lowest BCUT2D eigenvalue weighted by molar-refractivity contribution is -0.145. The van der Waals surface area contributed by atoms with Gasteiger partial charge in [0, 0.05) is 30.6 Å². The second-order valence-electron chi connectivity index (χ2n) is 10.8. The number of amides is 3. The van der Waals surface area contributed by atoms with Crippen LogP contribution < -0.4 is 4.90 Å². The molecule has 38 heavy (non-hydrogen) atoms. The van der Waals surface area contributed by atoms with Crippen LogP contribution in [-0.4, -0.2) is 80.9 Å². The van der Waals surface area contributed by atoms with Crippen molar-refractivity contribution in [2.75, 3.05) is 31.1 Å². The van der Waals surface area contributed by atoms with Crippen LogP contribution in [0.2, 0.25) is 0 Å². The lowest BCUT2D eigenvalue weighted by Gasteiger charge is -2.42. The Kier molecular flexibility index (Phi) is 8.72. The van der Waals surface area contributed by atoms with E-state index in [0.717, 1.165) is 24.9 Å². The second kappa shape index (κ2) is 11.7. The molecule has 3 saturated heterocycles. The Hall–Kier alpha value is -2.58. The number of aliphatic hydroxyl groups is 1. The molecule has 3 unspecified atom stereocenters. The number of fused-ring (bicyclic) bond motifs is 1. The van der Waals surface area contributed by atoms with E-state index in [2.05, 4.69) is 27.0 Å². The molecule has 0 aliphatic carbocycles. The molecule has 1 aromatic carbocycles. The summed E-state index contributed by atoms with van der Waals surface area (Å²) < 4.78 is -0.717. The lowest BCUT2D eigenvalue weighted by Crippen LogP contribution is -2.59. The maximum Gasteiger partial charge on any atom is 0.247 e. The van der Waals surface area contributed by atoms with E-state index >= 15 is 0 Å². The zero-order valence-electron chi connectivity index (χ0n) is 22.8. The molecule has 3 fully saturated rings. The van der Waals surface area contributed by atoms with Crippen LogP contribution in [0.25, 0.3) is 0 Å². The highest BCUT2D eigenvalue weighted by Gasteiger charge is 2.76. The molecular formula is C30H41N3O4S. The van der Waals surface area contributed by atoms with E-state index in [4.69, 9.17) is 0 Å². The van der Waals surface area contributed by atoms with E-state index < -0.39 is 28.7 Å². The molecule has 2 bridgehead atoms. The van der Waals surface area contributed by atoms with Crippen molar-refractivity contribution in [2.24, 2.45) is 17.8 Å². The molecule has 7 atom stereocenters. The van der Waals surface area contributed by atoms with Gasteiger partial charge in [0.25, 0.3) is 0 Å². The van der Waals surface area contributed by atoms with Crippen LogP contribution in [0.3, 0.4) is 0 Å². The number of benzene rings is 1. The van der Waals surface area contributed by atoms with E-state index in [-0.39, 0.29) is 35.5 Å². The van der Waals surface area contributed by atoms with Crippen molar-refractivity contribution >= 4 is 35.2 Å². The number of likely N-dealkylation sites (tertiary alicyclic amines) is 1. The van der Waals surface area contributed by atoms with Gasteiger partial charge >= 0.3 is 0 Å². The van der Waals surface area contributed by atoms with Crippen LogP contribution in [-0.2, 0) is 14.4 Å². The van der Waals surface area contributed by atoms with Crippen LogP contribution in [0.4, 0.5) is 5.69 Å². The number of hydrogen-bond acceptors (Lipinski definition) is 5. The topological polar surface area (TPSA) is 81.2 Å². The van der Waals surface area contributed by atoms with Gasteiger partial charge in [0.1, 0.15) is 6.04 Å². The predicted molar refractivity (Wildman–Crippen MR) is 153 cm³/mol. The smallest absolute Gasteiger partial charge is 0.247 e.